The van der Waals surface area contributed by atoms with Crippen LogP contribution >= 0.6 is 0 Å². The number of allylic oxidation sites excluding steroid dienone is 1. The zero-order valence-corrected chi connectivity index (χ0v) is 17.4. The number of hydrogen-bond donors (Lipinski definition) is 1. The van der Waals surface area contributed by atoms with Crippen molar-refractivity contribution in [1.82, 2.24) is 5.06 Å². The van der Waals surface area contributed by atoms with Gasteiger partial charge in [0.05, 0.1) is 19.5 Å². The maximum absolute atomic E-state index is 11.7. The molecule has 1 aliphatic rings. The zero-order chi connectivity index (χ0) is 19.6. The molecule has 0 bridgehead atoms. The van der Waals surface area contributed by atoms with Crippen molar-refractivity contribution in [3.8, 4) is 0 Å². The molecular weight excluding hydrogens is 338 g/mol. The number of nitrogens with two attached hydrogens (primary N) is 1. The number of aliphatic imine (C=N–C) groups is 1. The Labute approximate surface area is 166 Å². The van der Waals surface area contributed by atoms with Gasteiger partial charge in [-0.25, -0.2) is 4.79 Å². The number of carbonyl (C=O) groups excluding carboxylic acids is 1. The van der Waals surface area contributed by atoms with E-state index in [0.29, 0.717) is 13.1 Å². The Morgan fingerprint density at radius 3 is 2.22 bits per heavy atom. The van der Waals surface area contributed by atoms with Crippen molar-refractivity contribution in [1.29, 1.82) is 0 Å². The Bertz CT molecular complexity index is 424. The highest BCUT2D eigenvalue weighted by Gasteiger charge is 2.14. The fraction of sp³-hybridized carbons (Fsp3) is 0.818. The Balaban J connectivity index is 1.85. The van der Waals surface area contributed by atoms with E-state index in [1.165, 1.54) is 82.1 Å². The molecule has 0 saturated carbocycles. The third-order valence-corrected chi connectivity index (χ3v) is 4.89. The zero-order valence-electron chi connectivity index (χ0n) is 17.4. The Kier molecular flexibility index (Phi) is 14.7. The molecule has 0 amide bonds. The molecule has 0 radical (unpaired) electrons. The minimum Gasteiger partial charge on any atom is -0.340 e. The quantitative estimate of drug-likeness (QED) is 0.280. The first-order valence-electron chi connectivity index (χ1n) is 11.1. The summed E-state index contributed by atoms with van der Waals surface area (Å²) in [5, 5.41) is 1.46. The van der Waals surface area contributed by atoms with Crippen LogP contribution in [0.15, 0.2) is 17.1 Å². The summed E-state index contributed by atoms with van der Waals surface area (Å²) in [5.74, 6) is -0.300. The summed E-state index contributed by atoms with van der Waals surface area (Å²) < 4.78 is 0. The van der Waals surface area contributed by atoms with Gasteiger partial charge >= 0.3 is 5.97 Å². The molecule has 0 aromatic heterocycles. The highest BCUT2D eigenvalue weighted by atomic mass is 16.7. The van der Waals surface area contributed by atoms with Gasteiger partial charge < -0.3 is 10.6 Å². The lowest BCUT2D eigenvalue weighted by Gasteiger charge is -2.14. The predicted octanol–water partition coefficient (Wildman–Crippen LogP) is 5.15. The van der Waals surface area contributed by atoms with Gasteiger partial charge in [-0.2, -0.15) is 5.06 Å². The smallest absolute Gasteiger partial charge is 0.334 e. The molecule has 0 fully saturated rings. The van der Waals surface area contributed by atoms with Crippen molar-refractivity contribution in [2.24, 2.45) is 10.7 Å². The second-order valence-electron chi connectivity index (χ2n) is 7.60. The summed E-state index contributed by atoms with van der Waals surface area (Å²) in [5.41, 5.74) is 5.96. The molecule has 5 nitrogen and oxygen atoms in total. The van der Waals surface area contributed by atoms with Crippen molar-refractivity contribution >= 4 is 12.3 Å². The highest BCUT2D eigenvalue weighted by molar-refractivity contribution is 5.71. The van der Waals surface area contributed by atoms with E-state index in [1.54, 1.807) is 6.34 Å². The first-order chi connectivity index (χ1) is 13.2. The number of carbonyl (C=O) groups is 1. The average molecular weight is 380 g/mol. The summed E-state index contributed by atoms with van der Waals surface area (Å²) in [6, 6.07) is -0.269. The largest absolute Gasteiger partial charge is 0.340 e. The number of hydroxylamine groups is 2. The van der Waals surface area contributed by atoms with E-state index in [1.807, 2.05) is 6.08 Å². The minimum atomic E-state index is -0.300. The molecule has 1 heterocycles. The van der Waals surface area contributed by atoms with Crippen LogP contribution in [0.25, 0.3) is 0 Å². The summed E-state index contributed by atoms with van der Waals surface area (Å²) in [6.45, 7) is 3.58. The van der Waals surface area contributed by atoms with Crippen LogP contribution in [0.3, 0.4) is 0 Å². The first kappa shape index (κ1) is 23.7. The summed E-state index contributed by atoms with van der Waals surface area (Å²) in [6.07, 6.45) is 23.2. The van der Waals surface area contributed by atoms with Gasteiger partial charge in [0, 0.05) is 6.04 Å². The molecule has 1 rings (SSSR count). The second kappa shape index (κ2) is 16.8. The van der Waals surface area contributed by atoms with Gasteiger partial charge in [0.1, 0.15) is 6.34 Å². The van der Waals surface area contributed by atoms with Gasteiger partial charge in [-0.05, 0) is 12.8 Å². The summed E-state index contributed by atoms with van der Waals surface area (Å²) in [7, 11) is 0. The number of unbranched alkanes of at least 4 members (excludes halogenated alkanes) is 12. The fourth-order valence-electron chi connectivity index (χ4n) is 3.23. The fourth-order valence-corrected chi connectivity index (χ4v) is 3.23. The molecule has 1 unspecified atom stereocenters. The lowest BCUT2D eigenvalue weighted by molar-refractivity contribution is -0.170. The lowest BCUT2D eigenvalue weighted by Crippen LogP contribution is -2.29. The monoisotopic (exact) mass is 379 g/mol. The van der Waals surface area contributed by atoms with E-state index in [2.05, 4.69) is 18.0 Å². The molecule has 1 aliphatic heterocycles. The first-order valence-corrected chi connectivity index (χ1v) is 11.1. The summed E-state index contributed by atoms with van der Waals surface area (Å²) in [4.78, 5) is 20.8. The number of nitrogens with zero attached hydrogens (tertiary/aromatic N) is 2. The Hall–Kier alpha value is -1.36. The van der Waals surface area contributed by atoms with E-state index in [0.717, 1.165) is 6.42 Å². The number of hydrogen-bond acceptors (Lipinski definition) is 5. The molecule has 0 aromatic rings. The third kappa shape index (κ3) is 14.4. The van der Waals surface area contributed by atoms with Gasteiger partial charge in [0.2, 0.25) is 0 Å². The van der Waals surface area contributed by atoms with Gasteiger partial charge in [0.15, 0.2) is 0 Å². The maximum Gasteiger partial charge on any atom is 0.334 e. The van der Waals surface area contributed by atoms with E-state index >= 15 is 0 Å². The van der Waals surface area contributed by atoms with Crippen molar-refractivity contribution in [3.05, 3.63) is 12.2 Å². The summed E-state index contributed by atoms with van der Waals surface area (Å²) >= 11 is 0. The molecule has 5 heteroatoms. The van der Waals surface area contributed by atoms with Gasteiger partial charge in [-0.1, -0.05) is 89.7 Å². The van der Waals surface area contributed by atoms with Crippen LogP contribution in [0, 0.1) is 0 Å². The molecule has 0 spiro atoms. The van der Waals surface area contributed by atoms with Crippen LogP contribution in [0.5, 0.6) is 0 Å². The van der Waals surface area contributed by atoms with Crippen LogP contribution in [-0.2, 0) is 9.63 Å². The van der Waals surface area contributed by atoms with E-state index < -0.39 is 0 Å². The van der Waals surface area contributed by atoms with E-state index in [9.17, 15) is 4.79 Å². The van der Waals surface area contributed by atoms with Gasteiger partial charge in [-0.15, -0.1) is 0 Å². The Morgan fingerprint density at radius 2 is 1.67 bits per heavy atom. The predicted molar refractivity (Wildman–Crippen MR) is 114 cm³/mol. The molecule has 0 saturated heterocycles. The van der Waals surface area contributed by atoms with Crippen LogP contribution in [-0.4, -0.2) is 36.5 Å². The highest BCUT2D eigenvalue weighted by Crippen LogP contribution is 2.12. The molecule has 1 atom stereocenters. The molecular formula is C22H41N3O2. The molecule has 2 N–H and O–H groups in total. The molecule has 0 aromatic carbocycles. The lowest BCUT2D eigenvalue weighted by atomic mass is 10.0. The van der Waals surface area contributed by atoms with Crippen molar-refractivity contribution in [3.63, 3.8) is 0 Å². The standard InChI is InChI=1S/C22H41N3O2/c1-2-3-4-5-6-7-8-9-10-11-12-13-14-15-16-21(23)19-22(26)27-25-18-17-24-20-25/h15-16,20-21H,2-14,17-19,23H2,1H3. The van der Waals surface area contributed by atoms with Crippen LogP contribution in [0.2, 0.25) is 0 Å². The average Bonchev–Trinajstić information content (AvgIpc) is 3.14. The topological polar surface area (TPSA) is 67.9 Å². The van der Waals surface area contributed by atoms with E-state index in [-0.39, 0.29) is 18.4 Å². The normalized spacial score (nSPS) is 15.0. The molecule has 0 aliphatic carbocycles. The minimum absolute atomic E-state index is 0.208. The van der Waals surface area contributed by atoms with E-state index in [4.69, 9.17) is 10.6 Å². The molecule has 27 heavy (non-hydrogen) atoms. The SMILES string of the molecule is CCCCCCCCCCCCCCC=CC(N)CC(=O)ON1C=NCC1. The molecule has 156 valence electrons. The second-order valence-corrected chi connectivity index (χ2v) is 7.60. The van der Waals surface area contributed by atoms with Gasteiger partial charge in [-0.3, -0.25) is 4.99 Å². The van der Waals surface area contributed by atoms with Crippen molar-refractivity contribution < 1.29 is 9.63 Å². The van der Waals surface area contributed by atoms with Crippen molar-refractivity contribution in [2.45, 2.75) is 103 Å². The van der Waals surface area contributed by atoms with Crippen LogP contribution in [0.4, 0.5) is 0 Å². The third-order valence-electron chi connectivity index (χ3n) is 4.89. The van der Waals surface area contributed by atoms with Crippen LogP contribution in [0.1, 0.15) is 96.8 Å². The Morgan fingerprint density at radius 1 is 1.07 bits per heavy atom. The van der Waals surface area contributed by atoms with Crippen LogP contribution < -0.4 is 5.73 Å². The van der Waals surface area contributed by atoms with Crippen molar-refractivity contribution in [2.75, 3.05) is 13.1 Å². The maximum atomic E-state index is 11.7. The van der Waals surface area contributed by atoms with Gasteiger partial charge in [0.25, 0.3) is 0 Å². The number of rotatable bonds is 17.